The predicted octanol–water partition coefficient (Wildman–Crippen LogP) is 5.74. The molecule has 0 aliphatic heterocycles. The Morgan fingerprint density at radius 2 is 1.70 bits per heavy atom. The lowest BCUT2D eigenvalue weighted by atomic mass is 10.1. The van der Waals surface area contributed by atoms with Gasteiger partial charge in [-0.15, -0.1) is 0 Å². The van der Waals surface area contributed by atoms with Crippen LogP contribution in [0, 0.1) is 32.1 Å². The Balaban J connectivity index is 1.66. The van der Waals surface area contributed by atoms with Gasteiger partial charge in [0.1, 0.15) is 24.0 Å². The molecule has 1 N–H and O–H groups in total. The molecule has 0 aliphatic carbocycles. The number of nitrogens with zero attached hydrogens (tertiary/aromatic N) is 1. The van der Waals surface area contributed by atoms with Crippen molar-refractivity contribution in [1.29, 1.82) is 5.26 Å². The minimum Gasteiger partial charge on any atom is -0.489 e. The molecule has 30 heavy (non-hydrogen) atoms. The highest BCUT2D eigenvalue weighted by molar-refractivity contribution is 6.10. The number of aryl methyl sites for hydroxylation is 2. The largest absolute Gasteiger partial charge is 0.489 e. The Kier molecular flexibility index (Phi) is 6.67. The third kappa shape index (κ3) is 5.36. The van der Waals surface area contributed by atoms with Crippen LogP contribution >= 0.6 is 0 Å². The van der Waals surface area contributed by atoms with Crippen molar-refractivity contribution >= 4 is 17.7 Å². The average molecular weight is 396 g/mol. The minimum atomic E-state index is -0.425. The quantitative estimate of drug-likeness (QED) is 0.427. The van der Waals surface area contributed by atoms with Gasteiger partial charge in [-0.2, -0.15) is 5.26 Å². The summed E-state index contributed by atoms with van der Waals surface area (Å²) in [5.74, 6) is 0.303. The SMILES string of the molecule is Cc1ccc(COc2ccc(/C=C(\C#N)C(=O)Nc3cccc(C)c3C)cc2)cc1. The van der Waals surface area contributed by atoms with E-state index < -0.39 is 5.91 Å². The summed E-state index contributed by atoms with van der Waals surface area (Å²) in [6, 6.07) is 23.2. The van der Waals surface area contributed by atoms with Crippen molar-refractivity contribution < 1.29 is 9.53 Å². The van der Waals surface area contributed by atoms with Crippen LogP contribution in [0.4, 0.5) is 5.69 Å². The van der Waals surface area contributed by atoms with Gasteiger partial charge in [-0.1, -0.05) is 54.1 Å². The van der Waals surface area contributed by atoms with Gasteiger partial charge in [0.25, 0.3) is 5.91 Å². The molecule has 1 amide bonds. The van der Waals surface area contributed by atoms with Gasteiger partial charge in [-0.05, 0) is 67.3 Å². The first-order valence-electron chi connectivity index (χ1n) is 9.74. The van der Waals surface area contributed by atoms with Crippen molar-refractivity contribution in [1.82, 2.24) is 0 Å². The summed E-state index contributed by atoms with van der Waals surface area (Å²) in [7, 11) is 0. The number of carbonyl (C=O) groups is 1. The number of rotatable bonds is 6. The van der Waals surface area contributed by atoms with Gasteiger partial charge in [0.05, 0.1) is 0 Å². The first kappa shape index (κ1) is 20.9. The molecule has 0 unspecified atom stereocenters. The first-order valence-corrected chi connectivity index (χ1v) is 9.74. The van der Waals surface area contributed by atoms with Crippen LogP contribution in [0.25, 0.3) is 6.08 Å². The number of amides is 1. The van der Waals surface area contributed by atoms with Gasteiger partial charge < -0.3 is 10.1 Å². The smallest absolute Gasteiger partial charge is 0.266 e. The first-order chi connectivity index (χ1) is 14.5. The molecule has 0 aromatic heterocycles. The summed E-state index contributed by atoms with van der Waals surface area (Å²) in [5.41, 5.74) is 5.88. The van der Waals surface area contributed by atoms with E-state index in [9.17, 15) is 10.1 Å². The second-order valence-electron chi connectivity index (χ2n) is 7.21. The van der Waals surface area contributed by atoms with Gasteiger partial charge in [-0.25, -0.2) is 0 Å². The van der Waals surface area contributed by atoms with Crippen molar-refractivity contribution in [3.63, 3.8) is 0 Å². The molecular weight excluding hydrogens is 372 g/mol. The lowest BCUT2D eigenvalue weighted by Gasteiger charge is -2.10. The Hall–Kier alpha value is -3.84. The predicted molar refractivity (Wildman–Crippen MR) is 120 cm³/mol. The van der Waals surface area contributed by atoms with E-state index in [1.807, 2.05) is 74.5 Å². The molecule has 0 spiro atoms. The van der Waals surface area contributed by atoms with Crippen LogP contribution in [-0.4, -0.2) is 5.91 Å². The highest BCUT2D eigenvalue weighted by Gasteiger charge is 2.11. The molecule has 0 fully saturated rings. The van der Waals surface area contributed by atoms with E-state index in [0.29, 0.717) is 12.3 Å². The molecule has 0 bridgehead atoms. The highest BCUT2D eigenvalue weighted by atomic mass is 16.5. The van der Waals surface area contributed by atoms with E-state index in [1.165, 1.54) is 5.56 Å². The van der Waals surface area contributed by atoms with Gasteiger partial charge >= 0.3 is 0 Å². The van der Waals surface area contributed by atoms with Crippen molar-refractivity contribution in [2.75, 3.05) is 5.32 Å². The zero-order valence-corrected chi connectivity index (χ0v) is 17.4. The maximum absolute atomic E-state index is 12.5. The molecule has 3 aromatic carbocycles. The van der Waals surface area contributed by atoms with Crippen LogP contribution in [0.2, 0.25) is 0 Å². The summed E-state index contributed by atoms with van der Waals surface area (Å²) < 4.78 is 5.80. The van der Waals surface area contributed by atoms with Gasteiger partial charge in [-0.3, -0.25) is 4.79 Å². The number of nitrogens with one attached hydrogen (secondary N) is 1. The third-order valence-electron chi connectivity index (χ3n) is 4.94. The second-order valence-corrected chi connectivity index (χ2v) is 7.21. The lowest BCUT2D eigenvalue weighted by Crippen LogP contribution is -2.14. The zero-order valence-electron chi connectivity index (χ0n) is 17.4. The molecule has 0 aliphatic rings. The molecule has 0 radical (unpaired) electrons. The minimum absolute atomic E-state index is 0.0456. The number of hydrogen-bond acceptors (Lipinski definition) is 3. The fourth-order valence-corrected chi connectivity index (χ4v) is 2.90. The summed E-state index contributed by atoms with van der Waals surface area (Å²) in [6.07, 6.45) is 1.57. The highest BCUT2D eigenvalue weighted by Crippen LogP contribution is 2.20. The monoisotopic (exact) mass is 396 g/mol. The molecule has 4 nitrogen and oxygen atoms in total. The second kappa shape index (κ2) is 9.58. The lowest BCUT2D eigenvalue weighted by molar-refractivity contribution is -0.112. The topological polar surface area (TPSA) is 62.1 Å². The van der Waals surface area contributed by atoms with Crippen molar-refractivity contribution in [2.45, 2.75) is 27.4 Å². The van der Waals surface area contributed by atoms with Crippen LogP contribution in [0.5, 0.6) is 5.75 Å². The maximum Gasteiger partial charge on any atom is 0.266 e. The molecule has 3 rings (SSSR count). The Morgan fingerprint density at radius 1 is 1.00 bits per heavy atom. The number of anilines is 1. The Morgan fingerprint density at radius 3 is 2.37 bits per heavy atom. The fraction of sp³-hybridized carbons (Fsp3) is 0.154. The number of carbonyl (C=O) groups excluding carboxylic acids is 1. The summed E-state index contributed by atoms with van der Waals surface area (Å²) in [5, 5.41) is 12.3. The maximum atomic E-state index is 12.5. The molecule has 3 aromatic rings. The van der Waals surface area contributed by atoms with Gasteiger partial charge in [0.2, 0.25) is 0 Å². The van der Waals surface area contributed by atoms with Crippen LogP contribution in [0.1, 0.15) is 27.8 Å². The molecule has 4 heteroatoms. The van der Waals surface area contributed by atoms with Gasteiger partial charge in [0.15, 0.2) is 0 Å². The van der Waals surface area contributed by atoms with Gasteiger partial charge in [0, 0.05) is 5.69 Å². The van der Waals surface area contributed by atoms with E-state index in [-0.39, 0.29) is 5.57 Å². The van der Waals surface area contributed by atoms with Crippen LogP contribution < -0.4 is 10.1 Å². The summed E-state index contributed by atoms with van der Waals surface area (Å²) in [6.45, 7) is 6.45. The standard InChI is InChI=1S/C26H24N2O2/c1-18-7-9-22(10-8-18)17-30-24-13-11-21(12-14-24)15-23(16-27)26(29)28-25-6-4-5-19(2)20(25)3/h4-15H,17H2,1-3H3,(H,28,29)/b23-15+. The zero-order chi connectivity index (χ0) is 21.5. The van der Waals surface area contributed by atoms with Crippen LogP contribution in [0.15, 0.2) is 72.3 Å². The number of nitriles is 1. The van der Waals surface area contributed by atoms with E-state index in [1.54, 1.807) is 6.08 Å². The fourth-order valence-electron chi connectivity index (χ4n) is 2.90. The normalized spacial score (nSPS) is 10.9. The van der Waals surface area contributed by atoms with Crippen molar-refractivity contribution in [3.05, 3.63) is 100 Å². The van der Waals surface area contributed by atoms with Crippen LogP contribution in [0.3, 0.4) is 0 Å². The summed E-state index contributed by atoms with van der Waals surface area (Å²) in [4.78, 5) is 12.5. The number of hydrogen-bond donors (Lipinski definition) is 1. The molecule has 0 saturated heterocycles. The number of benzene rings is 3. The molecular formula is C26H24N2O2. The average Bonchev–Trinajstić information content (AvgIpc) is 2.75. The summed E-state index contributed by atoms with van der Waals surface area (Å²) >= 11 is 0. The van der Waals surface area contributed by atoms with E-state index in [2.05, 4.69) is 24.4 Å². The third-order valence-corrected chi connectivity index (χ3v) is 4.94. The van der Waals surface area contributed by atoms with Crippen molar-refractivity contribution in [2.24, 2.45) is 0 Å². The molecule has 0 heterocycles. The van der Waals surface area contributed by atoms with E-state index in [4.69, 9.17) is 4.74 Å². The Bertz CT molecular complexity index is 1110. The number of ether oxygens (including phenoxy) is 1. The molecule has 0 saturated carbocycles. The molecule has 150 valence electrons. The van der Waals surface area contributed by atoms with E-state index in [0.717, 1.165) is 28.0 Å². The van der Waals surface area contributed by atoms with Crippen molar-refractivity contribution in [3.8, 4) is 11.8 Å². The Labute approximate surface area is 177 Å². The van der Waals surface area contributed by atoms with Crippen LogP contribution in [-0.2, 0) is 11.4 Å². The molecule has 0 atom stereocenters. The van der Waals surface area contributed by atoms with E-state index >= 15 is 0 Å².